The summed E-state index contributed by atoms with van der Waals surface area (Å²) in [5.41, 5.74) is 15.5. The predicted octanol–water partition coefficient (Wildman–Crippen LogP) is 3.03. The van der Waals surface area contributed by atoms with Gasteiger partial charge in [-0.3, -0.25) is 9.20 Å². The smallest absolute Gasteiger partial charge is 0.274 e. The summed E-state index contributed by atoms with van der Waals surface area (Å²) in [6.45, 7) is 3.35. The van der Waals surface area contributed by atoms with Crippen molar-refractivity contribution >= 4 is 34.9 Å². The van der Waals surface area contributed by atoms with Crippen LogP contribution in [0, 0.1) is 6.92 Å². The first-order chi connectivity index (χ1) is 13.9. The van der Waals surface area contributed by atoms with Gasteiger partial charge in [0.15, 0.2) is 0 Å². The molecule has 152 valence electrons. The van der Waals surface area contributed by atoms with Crippen LogP contribution in [0.2, 0.25) is 10.0 Å². The molecule has 4 rings (SSSR count). The Morgan fingerprint density at radius 1 is 1.31 bits per heavy atom. The molecule has 1 aliphatic heterocycles. The molecule has 0 radical (unpaired) electrons. The van der Waals surface area contributed by atoms with E-state index in [4.69, 9.17) is 34.7 Å². The zero-order chi connectivity index (χ0) is 20.7. The molecule has 0 spiro atoms. The van der Waals surface area contributed by atoms with E-state index in [0.29, 0.717) is 34.6 Å². The van der Waals surface area contributed by atoms with Gasteiger partial charge in [-0.15, -0.1) is 0 Å². The maximum atomic E-state index is 13.0. The Morgan fingerprint density at radius 3 is 2.79 bits per heavy atom. The summed E-state index contributed by atoms with van der Waals surface area (Å²) < 4.78 is 1.78. The fraction of sp³-hybridized carbons (Fsp3) is 0.350. The Morgan fingerprint density at radius 2 is 2.10 bits per heavy atom. The van der Waals surface area contributed by atoms with Crippen LogP contribution in [0.3, 0.4) is 0 Å². The van der Waals surface area contributed by atoms with Gasteiger partial charge in [0.1, 0.15) is 5.69 Å². The summed E-state index contributed by atoms with van der Waals surface area (Å²) in [4.78, 5) is 23.8. The molecular weight excluding hydrogens is 411 g/mol. The molecule has 1 aliphatic rings. The van der Waals surface area contributed by atoms with Gasteiger partial charge in [-0.05, 0) is 38.0 Å². The van der Waals surface area contributed by atoms with Crippen LogP contribution in [0.25, 0.3) is 17.0 Å². The van der Waals surface area contributed by atoms with Crippen LogP contribution in [0.4, 0.5) is 0 Å². The lowest BCUT2D eigenvalue weighted by Crippen LogP contribution is -2.45. The fourth-order valence-electron chi connectivity index (χ4n) is 3.83. The van der Waals surface area contributed by atoms with Gasteiger partial charge in [-0.2, -0.15) is 0 Å². The lowest BCUT2D eigenvalue weighted by atomic mass is 10.0. The van der Waals surface area contributed by atoms with Crippen LogP contribution in [0.15, 0.2) is 24.4 Å². The minimum Gasteiger partial charge on any atom is -0.336 e. The highest BCUT2D eigenvalue weighted by Crippen LogP contribution is 2.34. The second-order valence-corrected chi connectivity index (χ2v) is 8.15. The van der Waals surface area contributed by atoms with E-state index < -0.39 is 0 Å². The van der Waals surface area contributed by atoms with Crippen molar-refractivity contribution in [2.75, 3.05) is 13.1 Å². The molecule has 3 heterocycles. The van der Waals surface area contributed by atoms with Gasteiger partial charge < -0.3 is 16.4 Å². The topological polar surface area (TPSA) is 103 Å². The molecule has 1 fully saturated rings. The number of aryl methyl sites for hydroxylation is 1. The molecule has 1 amide bonds. The van der Waals surface area contributed by atoms with Crippen LogP contribution < -0.4 is 11.5 Å². The maximum absolute atomic E-state index is 13.0. The molecule has 4 N–H and O–H groups in total. The summed E-state index contributed by atoms with van der Waals surface area (Å²) in [7, 11) is 0. The first kappa shape index (κ1) is 20.1. The molecule has 3 aromatic rings. The van der Waals surface area contributed by atoms with E-state index in [2.05, 4.69) is 9.97 Å². The molecule has 2 aromatic heterocycles. The number of hydrogen-bond donors (Lipinski definition) is 2. The molecule has 1 atom stereocenters. The second-order valence-electron chi connectivity index (χ2n) is 7.30. The average Bonchev–Trinajstić information content (AvgIpc) is 3.10. The van der Waals surface area contributed by atoms with Crippen LogP contribution in [-0.2, 0) is 6.54 Å². The number of imidazole rings is 1. The molecule has 7 nitrogen and oxygen atoms in total. The lowest BCUT2D eigenvalue weighted by Gasteiger charge is -2.30. The number of nitrogens with zero attached hydrogens (tertiary/aromatic N) is 4. The Kier molecular flexibility index (Phi) is 5.48. The number of rotatable bonds is 3. The van der Waals surface area contributed by atoms with Crippen molar-refractivity contribution in [3.05, 3.63) is 51.4 Å². The quantitative estimate of drug-likeness (QED) is 0.661. The Labute approximate surface area is 178 Å². The standard InChI is InChI=1S/C20H22Cl2N6O/c1-11-15(8-23)18(14-5-4-12(21)7-16(14)22)28-10-17(26-20(28)25-11)19(29)27-6-2-3-13(24)9-27/h4-5,7,10,13H,2-3,6,8-9,23-24H2,1H3/t13-/m1/s1. The summed E-state index contributed by atoms with van der Waals surface area (Å²) in [5.74, 6) is 0.274. The zero-order valence-electron chi connectivity index (χ0n) is 16.0. The van der Waals surface area contributed by atoms with Crippen molar-refractivity contribution in [1.29, 1.82) is 0 Å². The summed E-state index contributed by atoms with van der Waals surface area (Å²) in [6, 6.07) is 5.28. The fourth-order valence-corrected chi connectivity index (χ4v) is 4.32. The normalized spacial score (nSPS) is 17.1. The van der Waals surface area contributed by atoms with E-state index in [1.807, 2.05) is 13.0 Å². The summed E-state index contributed by atoms with van der Waals surface area (Å²) in [5, 5.41) is 1.03. The van der Waals surface area contributed by atoms with Gasteiger partial charge in [0.05, 0.1) is 10.7 Å². The van der Waals surface area contributed by atoms with Gasteiger partial charge in [0.25, 0.3) is 5.91 Å². The number of carbonyl (C=O) groups excluding carboxylic acids is 1. The first-order valence-corrected chi connectivity index (χ1v) is 10.2. The highest BCUT2D eigenvalue weighted by atomic mass is 35.5. The predicted molar refractivity (Wildman–Crippen MR) is 114 cm³/mol. The Balaban J connectivity index is 1.87. The average molecular weight is 433 g/mol. The van der Waals surface area contributed by atoms with Gasteiger partial charge in [-0.25, -0.2) is 9.97 Å². The number of likely N-dealkylation sites (tertiary alicyclic amines) is 1. The van der Waals surface area contributed by atoms with Crippen molar-refractivity contribution in [3.8, 4) is 11.3 Å². The molecule has 1 saturated heterocycles. The largest absolute Gasteiger partial charge is 0.336 e. The van der Waals surface area contributed by atoms with Crippen molar-refractivity contribution < 1.29 is 4.79 Å². The maximum Gasteiger partial charge on any atom is 0.274 e. The van der Waals surface area contributed by atoms with Crippen LogP contribution in [0.5, 0.6) is 0 Å². The van der Waals surface area contributed by atoms with Crippen LogP contribution in [0.1, 0.15) is 34.6 Å². The van der Waals surface area contributed by atoms with Crippen molar-refractivity contribution in [3.63, 3.8) is 0 Å². The van der Waals surface area contributed by atoms with E-state index in [-0.39, 0.29) is 18.5 Å². The van der Waals surface area contributed by atoms with E-state index in [9.17, 15) is 4.79 Å². The number of aromatic nitrogens is 3. The molecule has 0 unspecified atom stereocenters. The number of halogens is 2. The van der Waals surface area contributed by atoms with E-state index in [1.165, 1.54) is 0 Å². The third kappa shape index (κ3) is 3.71. The molecule has 0 bridgehead atoms. The second kappa shape index (κ2) is 7.91. The van der Waals surface area contributed by atoms with E-state index in [0.717, 1.165) is 35.4 Å². The van der Waals surface area contributed by atoms with Crippen molar-refractivity contribution in [2.24, 2.45) is 11.5 Å². The third-order valence-electron chi connectivity index (χ3n) is 5.27. The number of piperidine rings is 1. The summed E-state index contributed by atoms with van der Waals surface area (Å²) in [6.07, 6.45) is 3.51. The van der Waals surface area contributed by atoms with Crippen molar-refractivity contribution in [1.82, 2.24) is 19.3 Å². The molecular formula is C20H22Cl2N6O. The SMILES string of the molecule is Cc1nc2nc(C(=O)N3CCC[C@@H](N)C3)cn2c(-c2ccc(Cl)cc2Cl)c1CN. The van der Waals surface area contributed by atoms with E-state index in [1.54, 1.807) is 27.6 Å². The number of fused-ring (bicyclic) bond motifs is 1. The number of benzene rings is 1. The number of nitrogens with two attached hydrogens (primary N) is 2. The molecule has 29 heavy (non-hydrogen) atoms. The minimum atomic E-state index is -0.147. The van der Waals surface area contributed by atoms with Gasteiger partial charge in [0.2, 0.25) is 5.78 Å². The summed E-state index contributed by atoms with van der Waals surface area (Å²) >= 11 is 12.6. The Bertz CT molecular complexity index is 1100. The van der Waals surface area contributed by atoms with Crippen LogP contribution >= 0.6 is 23.2 Å². The highest BCUT2D eigenvalue weighted by molar-refractivity contribution is 6.36. The first-order valence-electron chi connectivity index (χ1n) is 9.48. The monoisotopic (exact) mass is 432 g/mol. The minimum absolute atomic E-state index is 0.00243. The number of carbonyl (C=O) groups is 1. The van der Waals surface area contributed by atoms with Gasteiger partial charge in [-0.1, -0.05) is 23.2 Å². The third-order valence-corrected chi connectivity index (χ3v) is 5.82. The van der Waals surface area contributed by atoms with Gasteiger partial charge in [0, 0.05) is 53.7 Å². The highest BCUT2D eigenvalue weighted by Gasteiger charge is 2.26. The molecule has 1 aromatic carbocycles. The molecule has 9 heteroatoms. The Hall–Kier alpha value is -2.19. The zero-order valence-corrected chi connectivity index (χ0v) is 17.5. The number of hydrogen-bond acceptors (Lipinski definition) is 5. The molecule has 0 saturated carbocycles. The number of amides is 1. The van der Waals surface area contributed by atoms with E-state index >= 15 is 0 Å². The van der Waals surface area contributed by atoms with Crippen LogP contribution in [-0.4, -0.2) is 44.3 Å². The lowest BCUT2D eigenvalue weighted by molar-refractivity contribution is 0.0703. The molecule has 0 aliphatic carbocycles. The van der Waals surface area contributed by atoms with Crippen molar-refractivity contribution in [2.45, 2.75) is 32.4 Å². The van der Waals surface area contributed by atoms with Gasteiger partial charge >= 0.3 is 0 Å².